The van der Waals surface area contributed by atoms with Crippen LogP contribution in [0.25, 0.3) is 6.08 Å². The predicted molar refractivity (Wildman–Crippen MR) is 60.2 cm³/mol. The number of benzene rings is 1. The summed E-state index contributed by atoms with van der Waals surface area (Å²) in [5.74, 6) is 0.306. The van der Waals surface area contributed by atoms with Crippen molar-refractivity contribution >= 4 is 28.7 Å². The lowest BCUT2D eigenvalue weighted by atomic mass is 10.1. The number of hydrogen-bond acceptors (Lipinski definition) is 2. The van der Waals surface area contributed by atoms with E-state index < -0.39 is 0 Å². The van der Waals surface area contributed by atoms with Crippen LogP contribution in [0.1, 0.15) is 5.56 Å². The summed E-state index contributed by atoms with van der Waals surface area (Å²) >= 11 is 0. The number of phenolic OH excluding ortho intramolecular Hbond substituents is 1. The van der Waals surface area contributed by atoms with Crippen LogP contribution in [0, 0.1) is 0 Å². The number of aromatic hydroxyl groups is 1. The summed E-state index contributed by atoms with van der Waals surface area (Å²) in [5, 5.41) is 12.5. The number of halogens is 1. The summed E-state index contributed by atoms with van der Waals surface area (Å²) in [4.78, 5) is 0. The van der Waals surface area contributed by atoms with Crippen LogP contribution in [0.4, 0.5) is 5.69 Å². The largest absolute Gasteiger partial charge is 0.507 e. The summed E-state index contributed by atoms with van der Waals surface area (Å²) in [6.07, 6.45) is 7.49. The van der Waals surface area contributed by atoms with Crippen LogP contribution < -0.4 is 5.32 Å². The van der Waals surface area contributed by atoms with E-state index >= 15 is 0 Å². The zero-order chi connectivity index (χ0) is 8.39. The zero-order valence-electron chi connectivity index (χ0n) is 6.90. The number of phenols is 1. The molecule has 0 aromatic heterocycles. The molecule has 3 heteroatoms. The molecule has 0 atom stereocenters. The monoisotopic (exact) mass is 239 g/mol. The van der Waals surface area contributed by atoms with Crippen LogP contribution >= 0.6 is 17.0 Å². The molecule has 13 heavy (non-hydrogen) atoms. The molecule has 1 aromatic carbocycles. The Kier molecular flexibility index (Phi) is 3.14. The number of hydrogen-bond donors (Lipinski definition) is 2. The molecular weight excluding hydrogens is 230 g/mol. The maximum Gasteiger partial charge on any atom is 0.124 e. The summed E-state index contributed by atoms with van der Waals surface area (Å²) in [7, 11) is 0. The van der Waals surface area contributed by atoms with Crippen LogP contribution in [-0.2, 0) is 0 Å². The normalized spacial score (nSPS) is 12.3. The van der Waals surface area contributed by atoms with Gasteiger partial charge >= 0.3 is 0 Å². The molecule has 2 N–H and O–H groups in total. The van der Waals surface area contributed by atoms with E-state index in [-0.39, 0.29) is 17.0 Å². The van der Waals surface area contributed by atoms with Crippen molar-refractivity contribution in [3.63, 3.8) is 0 Å². The fourth-order valence-electron chi connectivity index (χ4n) is 1.20. The predicted octanol–water partition coefficient (Wildman–Crippen LogP) is 2.92. The first-order valence-corrected chi connectivity index (χ1v) is 3.79. The minimum absolute atomic E-state index is 0. The molecule has 0 amide bonds. The third kappa shape index (κ3) is 1.92. The van der Waals surface area contributed by atoms with E-state index in [0.717, 1.165) is 11.3 Å². The second-order valence-corrected chi connectivity index (χ2v) is 2.60. The fourth-order valence-corrected chi connectivity index (χ4v) is 1.20. The first kappa shape index (κ1) is 9.86. The highest BCUT2D eigenvalue weighted by molar-refractivity contribution is 8.93. The van der Waals surface area contributed by atoms with Gasteiger partial charge in [0.05, 0.1) is 0 Å². The lowest BCUT2D eigenvalue weighted by molar-refractivity contribution is 0.474. The number of anilines is 1. The van der Waals surface area contributed by atoms with Gasteiger partial charge in [0.15, 0.2) is 0 Å². The molecule has 1 aliphatic heterocycles. The zero-order valence-corrected chi connectivity index (χ0v) is 8.61. The minimum Gasteiger partial charge on any atom is -0.507 e. The van der Waals surface area contributed by atoms with Crippen molar-refractivity contribution in [2.24, 2.45) is 0 Å². The van der Waals surface area contributed by atoms with Crippen LogP contribution in [-0.4, -0.2) is 5.11 Å². The maximum atomic E-state index is 9.46. The number of nitrogens with one attached hydrogen (secondary N) is 1. The first-order chi connectivity index (χ1) is 5.88. The van der Waals surface area contributed by atoms with Crippen LogP contribution in [0.15, 0.2) is 36.6 Å². The quantitative estimate of drug-likeness (QED) is 0.730. The molecule has 1 aromatic rings. The van der Waals surface area contributed by atoms with E-state index in [0.29, 0.717) is 5.75 Å². The summed E-state index contributed by atoms with van der Waals surface area (Å²) in [5.41, 5.74) is 1.77. The Morgan fingerprint density at radius 3 is 2.85 bits per heavy atom. The average molecular weight is 240 g/mol. The Labute approximate surface area is 87.4 Å². The molecule has 68 valence electrons. The Balaban J connectivity index is 0.000000845. The molecule has 0 unspecified atom stereocenters. The third-order valence-electron chi connectivity index (χ3n) is 1.79. The van der Waals surface area contributed by atoms with Crippen LogP contribution in [0.3, 0.4) is 0 Å². The molecule has 0 spiro atoms. The highest BCUT2D eigenvalue weighted by atomic mass is 79.9. The van der Waals surface area contributed by atoms with E-state index in [1.807, 2.05) is 36.6 Å². The molecular formula is C10H10BrNO. The average Bonchev–Trinajstić information content (AvgIpc) is 2.30. The van der Waals surface area contributed by atoms with Gasteiger partial charge in [-0.25, -0.2) is 0 Å². The summed E-state index contributed by atoms with van der Waals surface area (Å²) in [6.45, 7) is 0. The van der Waals surface area contributed by atoms with Crippen LogP contribution in [0.2, 0.25) is 0 Å². The van der Waals surface area contributed by atoms with E-state index in [1.165, 1.54) is 0 Å². The molecule has 0 saturated heterocycles. The van der Waals surface area contributed by atoms with Gasteiger partial charge in [0.2, 0.25) is 0 Å². The Bertz CT molecular complexity index is 358. The van der Waals surface area contributed by atoms with Crippen molar-refractivity contribution in [1.82, 2.24) is 0 Å². The van der Waals surface area contributed by atoms with E-state index in [9.17, 15) is 5.11 Å². The molecule has 0 saturated carbocycles. The van der Waals surface area contributed by atoms with Gasteiger partial charge in [0, 0.05) is 17.5 Å². The molecule has 1 heterocycles. The molecule has 0 fully saturated rings. The van der Waals surface area contributed by atoms with Gasteiger partial charge < -0.3 is 10.4 Å². The van der Waals surface area contributed by atoms with Crippen LogP contribution in [0.5, 0.6) is 5.75 Å². The van der Waals surface area contributed by atoms with Gasteiger partial charge in [-0.1, -0.05) is 12.1 Å². The molecule has 2 rings (SSSR count). The number of rotatable bonds is 0. The maximum absolute atomic E-state index is 9.46. The Morgan fingerprint density at radius 1 is 1.15 bits per heavy atom. The standard InChI is InChI=1S/C10H9NO.BrH/c12-10-6-3-5-9-8(10)4-1-2-7-11-9;/h1-7,11-12H;1H. The van der Waals surface area contributed by atoms with Gasteiger partial charge in [-0.05, 0) is 24.3 Å². The van der Waals surface area contributed by atoms with Crippen molar-refractivity contribution in [1.29, 1.82) is 0 Å². The first-order valence-electron chi connectivity index (χ1n) is 3.79. The summed E-state index contributed by atoms with van der Waals surface area (Å²) < 4.78 is 0. The number of fused-ring (bicyclic) bond motifs is 1. The second kappa shape index (κ2) is 4.14. The molecule has 0 bridgehead atoms. The molecule has 1 aliphatic rings. The van der Waals surface area contributed by atoms with Gasteiger partial charge in [0.1, 0.15) is 5.75 Å². The van der Waals surface area contributed by atoms with E-state index in [4.69, 9.17) is 0 Å². The van der Waals surface area contributed by atoms with Crippen molar-refractivity contribution < 1.29 is 5.11 Å². The van der Waals surface area contributed by atoms with E-state index in [2.05, 4.69) is 5.32 Å². The smallest absolute Gasteiger partial charge is 0.124 e. The molecule has 0 aliphatic carbocycles. The van der Waals surface area contributed by atoms with Crippen molar-refractivity contribution in [3.8, 4) is 5.75 Å². The molecule has 2 nitrogen and oxygen atoms in total. The highest BCUT2D eigenvalue weighted by Crippen LogP contribution is 2.27. The fraction of sp³-hybridized carbons (Fsp3) is 0. The third-order valence-corrected chi connectivity index (χ3v) is 1.79. The van der Waals surface area contributed by atoms with Crippen molar-refractivity contribution in [2.75, 3.05) is 5.32 Å². The summed E-state index contributed by atoms with van der Waals surface area (Å²) in [6, 6.07) is 5.42. The van der Waals surface area contributed by atoms with Crippen molar-refractivity contribution in [2.45, 2.75) is 0 Å². The van der Waals surface area contributed by atoms with Gasteiger partial charge in [0.25, 0.3) is 0 Å². The van der Waals surface area contributed by atoms with Gasteiger partial charge in [-0.15, -0.1) is 17.0 Å². The number of allylic oxidation sites excluding steroid dienone is 2. The highest BCUT2D eigenvalue weighted by Gasteiger charge is 2.03. The van der Waals surface area contributed by atoms with Gasteiger partial charge in [-0.2, -0.15) is 0 Å². The second-order valence-electron chi connectivity index (χ2n) is 2.60. The van der Waals surface area contributed by atoms with E-state index in [1.54, 1.807) is 6.07 Å². The Morgan fingerprint density at radius 2 is 2.00 bits per heavy atom. The lowest BCUT2D eigenvalue weighted by Crippen LogP contribution is -1.88. The Hall–Kier alpha value is -1.22. The topological polar surface area (TPSA) is 32.3 Å². The SMILES string of the molecule is Br.Oc1cccc2c1C=CC=CN2. The minimum atomic E-state index is 0. The van der Waals surface area contributed by atoms with Gasteiger partial charge in [-0.3, -0.25) is 0 Å². The molecule has 0 radical (unpaired) electrons. The lowest BCUT2D eigenvalue weighted by Gasteiger charge is -2.05. The van der Waals surface area contributed by atoms with Crippen molar-refractivity contribution in [3.05, 3.63) is 42.1 Å².